The number of carbonyl (C=O) groups excluding carboxylic acids is 2. The maximum atomic E-state index is 13.2. The van der Waals surface area contributed by atoms with Crippen LogP contribution in [0.4, 0.5) is 0 Å². The summed E-state index contributed by atoms with van der Waals surface area (Å²) < 4.78 is 10.8. The number of likely N-dealkylation sites (tertiary alicyclic amines) is 1. The number of nitrogens with one attached hydrogen (secondary N) is 1. The quantitative estimate of drug-likeness (QED) is 0.745. The smallest absolute Gasteiger partial charge is 0.230 e. The molecule has 2 aromatic heterocycles. The zero-order valence-electron chi connectivity index (χ0n) is 15.2. The van der Waals surface area contributed by atoms with Crippen LogP contribution in [0.5, 0.6) is 0 Å². The number of carbonyl (C=O) groups is 2. The Kier molecular flexibility index (Phi) is 3.80. The van der Waals surface area contributed by atoms with Crippen molar-refractivity contribution in [3.05, 3.63) is 53.6 Å². The van der Waals surface area contributed by atoms with Crippen LogP contribution in [0.2, 0.25) is 0 Å². The Balaban J connectivity index is 1.34. The number of rotatable bonds is 5. The molecule has 2 amide bonds. The number of fused-ring (bicyclic) bond motifs is 1. The molecule has 5 rings (SSSR count). The number of nitrogens with zero attached hydrogens (tertiary/aromatic N) is 4. The lowest BCUT2D eigenvalue weighted by atomic mass is 9.77. The fourth-order valence-electron chi connectivity index (χ4n) is 4.42. The Hall–Kier alpha value is -3.07. The third-order valence-corrected chi connectivity index (χ3v) is 5.78. The topological polar surface area (TPSA) is 110 Å². The van der Waals surface area contributed by atoms with Crippen LogP contribution in [0.1, 0.15) is 17.0 Å². The van der Waals surface area contributed by atoms with Crippen LogP contribution >= 0.6 is 0 Å². The molecule has 9 nitrogen and oxygen atoms in total. The van der Waals surface area contributed by atoms with E-state index in [1.54, 1.807) is 24.2 Å². The standard InChI is InChI=1S/C19H19N5O4/c1-11-13(23-28-22-11)8-21-17(25)15-14-2-5-19(27-14)10-24(18(26)16(15)19)9-12-3-6-20-7-4-12/h2-7,14-16H,8-10H2,1H3,(H,21,25)/t14-,15+,16-,19+/m1/s1. The first kappa shape index (κ1) is 17.1. The molecule has 3 aliphatic rings. The van der Waals surface area contributed by atoms with Crippen LogP contribution in [0.3, 0.4) is 0 Å². The molecular formula is C19H19N5O4. The van der Waals surface area contributed by atoms with Gasteiger partial charge in [0.1, 0.15) is 17.0 Å². The molecular weight excluding hydrogens is 362 g/mol. The van der Waals surface area contributed by atoms with Gasteiger partial charge < -0.3 is 15.0 Å². The van der Waals surface area contributed by atoms with Gasteiger partial charge in [-0.3, -0.25) is 14.6 Å². The molecule has 0 saturated carbocycles. The van der Waals surface area contributed by atoms with Crippen molar-refractivity contribution in [3.8, 4) is 0 Å². The van der Waals surface area contributed by atoms with E-state index in [1.165, 1.54) is 0 Å². The van der Waals surface area contributed by atoms with Crippen LogP contribution in [0, 0.1) is 18.8 Å². The molecule has 0 unspecified atom stereocenters. The predicted octanol–water partition coefficient (Wildman–Crippen LogP) is 0.371. The summed E-state index contributed by atoms with van der Waals surface area (Å²) >= 11 is 0. The normalized spacial score (nSPS) is 30.1. The van der Waals surface area contributed by atoms with E-state index in [1.807, 2.05) is 24.3 Å². The maximum Gasteiger partial charge on any atom is 0.230 e. The van der Waals surface area contributed by atoms with Gasteiger partial charge in [-0.15, -0.1) is 0 Å². The van der Waals surface area contributed by atoms with Crippen molar-refractivity contribution in [2.24, 2.45) is 11.8 Å². The van der Waals surface area contributed by atoms with Crippen molar-refractivity contribution in [3.63, 3.8) is 0 Å². The average molecular weight is 381 g/mol. The van der Waals surface area contributed by atoms with Gasteiger partial charge in [0.2, 0.25) is 11.8 Å². The van der Waals surface area contributed by atoms with Gasteiger partial charge in [-0.2, -0.15) is 0 Å². The molecule has 9 heteroatoms. The summed E-state index contributed by atoms with van der Waals surface area (Å²) in [5, 5.41) is 10.3. The largest absolute Gasteiger partial charge is 0.360 e. The number of hydrogen-bond acceptors (Lipinski definition) is 7. The maximum absolute atomic E-state index is 13.2. The molecule has 4 atom stereocenters. The van der Waals surface area contributed by atoms with Crippen molar-refractivity contribution < 1.29 is 19.0 Å². The summed E-state index contributed by atoms with van der Waals surface area (Å²) in [5.41, 5.74) is 1.47. The molecule has 0 aliphatic carbocycles. The highest BCUT2D eigenvalue weighted by Gasteiger charge is 2.66. The van der Waals surface area contributed by atoms with Gasteiger partial charge in [-0.1, -0.05) is 22.5 Å². The van der Waals surface area contributed by atoms with Crippen LogP contribution in [0.25, 0.3) is 0 Å². The number of ether oxygens (including phenoxy) is 1. The second kappa shape index (κ2) is 6.23. The number of amides is 2. The predicted molar refractivity (Wildman–Crippen MR) is 94.3 cm³/mol. The van der Waals surface area contributed by atoms with E-state index in [4.69, 9.17) is 4.74 Å². The Bertz CT molecular complexity index is 958. The Morgan fingerprint density at radius 3 is 2.93 bits per heavy atom. The van der Waals surface area contributed by atoms with E-state index in [0.717, 1.165) is 5.56 Å². The molecule has 2 saturated heterocycles. The van der Waals surface area contributed by atoms with Crippen molar-refractivity contribution in [1.82, 2.24) is 25.5 Å². The second-order valence-electron chi connectivity index (χ2n) is 7.46. The monoisotopic (exact) mass is 381 g/mol. The zero-order valence-corrected chi connectivity index (χ0v) is 15.2. The molecule has 2 bridgehead atoms. The van der Waals surface area contributed by atoms with Crippen molar-refractivity contribution in [2.75, 3.05) is 6.54 Å². The fraction of sp³-hybridized carbons (Fsp3) is 0.421. The number of pyridine rings is 1. The first-order valence-corrected chi connectivity index (χ1v) is 9.18. The van der Waals surface area contributed by atoms with Gasteiger partial charge in [0.25, 0.3) is 0 Å². The van der Waals surface area contributed by atoms with E-state index in [-0.39, 0.29) is 24.5 Å². The Morgan fingerprint density at radius 1 is 1.36 bits per heavy atom. The fourth-order valence-corrected chi connectivity index (χ4v) is 4.42. The summed E-state index contributed by atoms with van der Waals surface area (Å²) in [4.78, 5) is 31.8. The number of hydrogen-bond donors (Lipinski definition) is 1. The molecule has 0 radical (unpaired) electrons. The molecule has 28 heavy (non-hydrogen) atoms. The van der Waals surface area contributed by atoms with Gasteiger partial charge >= 0.3 is 0 Å². The van der Waals surface area contributed by atoms with Gasteiger partial charge in [0, 0.05) is 18.9 Å². The zero-order chi connectivity index (χ0) is 19.3. The van der Waals surface area contributed by atoms with Crippen LogP contribution in [0.15, 0.2) is 41.3 Å². The van der Waals surface area contributed by atoms with E-state index in [2.05, 4.69) is 25.2 Å². The lowest BCUT2D eigenvalue weighted by Crippen LogP contribution is -2.44. The van der Waals surface area contributed by atoms with Crippen molar-refractivity contribution >= 4 is 11.8 Å². The first-order chi connectivity index (χ1) is 13.6. The van der Waals surface area contributed by atoms with Crippen molar-refractivity contribution in [1.29, 1.82) is 0 Å². The summed E-state index contributed by atoms with van der Waals surface area (Å²) in [6, 6.07) is 3.76. The minimum atomic E-state index is -0.720. The average Bonchev–Trinajstić information content (AvgIpc) is 3.43. The lowest BCUT2D eigenvalue weighted by molar-refractivity contribution is -0.137. The van der Waals surface area contributed by atoms with E-state index >= 15 is 0 Å². The molecule has 144 valence electrons. The summed E-state index contributed by atoms with van der Waals surface area (Å²) in [5.74, 6) is -1.34. The molecule has 2 aromatic rings. The second-order valence-corrected chi connectivity index (χ2v) is 7.46. The van der Waals surface area contributed by atoms with E-state index in [9.17, 15) is 9.59 Å². The molecule has 0 aromatic carbocycles. The molecule has 1 N–H and O–H groups in total. The SMILES string of the molecule is Cc1nonc1CNC(=O)[C@H]1[C@H]2C=C[C@@]3(CN(Cc4ccncc4)C(=O)[C@@H]13)O2. The lowest BCUT2D eigenvalue weighted by Gasteiger charge is -2.23. The van der Waals surface area contributed by atoms with Crippen molar-refractivity contribution in [2.45, 2.75) is 31.7 Å². The number of aryl methyl sites for hydroxylation is 1. The highest BCUT2D eigenvalue weighted by Crippen LogP contribution is 2.52. The van der Waals surface area contributed by atoms with Gasteiger partial charge in [0.15, 0.2) is 0 Å². The molecule has 2 fully saturated rings. The molecule has 5 heterocycles. The summed E-state index contributed by atoms with van der Waals surface area (Å²) in [6.07, 6.45) is 6.87. The third-order valence-electron chi connectivity index (χ3n) is 5.78. The van der Waals surface area contributed by atoms with Crippen LogP contribution < -0.4 is 5.32 Å². The Morgan fingerprint density at radius 2 is 2.18 bits per heavy atom. The first-order valence-electron chi connectivity index (χ1n) is 9.18. The van der Waals surface area contributed by atoms with Gasteiger partial charge in [-0.25, -0.2) is 4.63 Å². The third kappa shape index (κ3) is 2.54. The minimum absolute atomic E-state index is 0.0527. The minimum Gasteiger partial charge on any atom is -0.360 e. The molecule has 1 spiro atoms. The highest BCUT2D eigenvalue weighted by molar-refractivity contribution is 5.93. The van der Waals surface area contributed by atoms with E-state index < -0.39 is 17.4 Å². The molecule has 3 aliphatic heterocycles. The van der Waals surface area contributed by atoms with Gasteiger partial charge in [0.05, 0.1) is 31.0 Å². The highest BCUT2D eigenvalue weighted by atomic mass is 16.6. The summed E-state index contributed by atoms with van der Waals surface area (Å²) in [7, 11) is 0. The Labute approximate surface area is 160 Å². The van der Waals surface area contributed by atoms with E-state index in [0.29, 0.717) is 24.5 Å². The van der Waals surface area contributed by atoms with Gasteiger partial charge in [-0.05, 0) is 24.6 Å². The summed E-state index contributed by atoms with van der Waals surface area (Å²) in [6.45, 7) is 2.88. The van der Waals surface area contributed by atoms with Crippen LogP contribution in [-0.4, -0.2) is 50.3 Å². The van der Waals surface area contributed by atoms with Crippen LogP contribution in [-0.2, 0) is 27.4 Å². The number of aromatic nitrogens is 3.